The molecule has 0 spiro atoms. The average molecular weight is 501 g/mol. The van der Waals surface area contributed by atoms with Crippen LogP contribution in [0.3, 0.4) is 0 Å². The second kappa shape index (κ2) is 11.0. The minimum absolute atomic E-state index is 0.00807. The van der Waals surface area contributed by atoms with E-state index in [4.69, 9.17) is 14.2 Å². The fraction of sp³-hybridized carbons (Fsp3) is 0.636. The lowest BCUT2D eigenvalue weighted by Gasteiger charge is -2.34. The maximum Gasteiger partial charge on any atom is 0.336 e. The molecule has 11 nitrogen and oxygen atoms in total. The highest BCUT2D eigenvalue weighted by Gasteiger charge is 2.43. The molecule has 2 atom stereocenters. The third-order valence-corrected chi connectivity index (χ3v) is 7.85. The van der Waals surface area contributed by atoms with E-state index in [1.54, 1.807) is 20.8 Å². The number of amides is 1. The summed E-state index contributed by atoms with van der Waals surface area (Å²) in [6.07, 6.45) is 0.886. The Hall–Kier alpha value is -2.89. The number of methoxy groups -OCH3 is 2. The number of hydrogen-bond acceptors (Lipinski definition) is 10. The van der Waals surface area contributed by atoms with E-state index in [9.17, 15) is 27.6 Å². The van der Waals surface area contributed by atoms with Gasteiger partial charge in [-0.25, -0.2) is 18.0 Å². The fourth-order valence-corrected chi connectivity index (χ4v) is 5.99. The van der Waals surface area contributed by atoms with Gasteiger partial charge < -0.3 is 24.4 Å². The van der Waals surface area contributed by atoms with Gasteiger partial charge in [-0.2, -0.15) is 0 Å². The second-order valence-corrected chi connectivity index (χ2v) is 10.6. The number of esters is 3. The molecule has 0 aromatic rings. The summed E-state index contributed by atoms with van der Waals surface area (Å²) < 4.78 is 38.7. The SMILES string of the molecule is CC[C@@H](C)N(C(=O)COC(=O)C1C(C(=O)OC)=C(C)NC(C)=C1C(=O)OC)[C@H]1CCS(=O)(=O)C1. The summed E-state index contributed by atoms with van der Waals surface area (Å²) in [5.41, 5.74) is 0.323. The quantitative estimate of drug-likeness (QED) is 0.368. The Balaban J connectivity index is 2.30. The van der Waals surface area contributed by atoms with Gasteiger partial charge in [0, 0.05) is 23.5 Å². The number of hydrogen-bond donors (Lipinski definition) is 1. The van der Waals surface area contributed by atoms with Gasteiger partial charge in [-0.15, -0.1) is 0 Å². The normalized spacial score (nSPS) is 20.9. The zero-order valence-corrected chi connectivity index (χ0v) is 21.1. The Bertz CT molecular complexity index is 991. The highest BCUT2D eigenvalue weighted by molar-refractivity contribution is 7.91. The number of nitrogens with one attached hydrogen (secondary N) is 1. The van der Waals surface area contributed by atoms with Gasteiger partial charge in [-0.3, -0.25) is 9.59 Å². The van der Waals surface area contributed by atoms with E-state index in [-0.39, 0.29) is 28.7 Å². The first-order valence-corrected chi connectivity index (χ1v) is 12.7. The van der Waals surface area contributed by atoms with Crippen LogP contribution < -0.4 is 5.32 Å². The molecule has 1 amide bonds. The molecule has 0 aliphatic carbocycles. The van der Waals surface area contributed by atoms with Gasteiger partial charge >= 0.3 is 17.9 Å². The van der Waals surface area contributed by atoms with E-state index in [1.165, 1.54) is 4.90 Å². The molecule has 1 fully saturated rings. The standard InChI is InChI=1S/C22H32N2O9S/c1-7-12(2)24(15-8-9-34(29,30)11-15)16(25)10-33-22(28)19-17(20(26)31-5)13(3)23-14(4)18(19)21(27)32-6/h12,15,19,23H,7-11H2,1-6H3/t12-,15+/m1/s1. The maximum absolute atomic E-state index is 13.1. The van der Waals surface area contributed by atoms with Gasteiger partial charge in [0.05, 0.1) is 36.9 Å². The molecule has 2 rings (SSSR count). The number of carbonyl (C=O) groups excluding carboxylic acids is 4. The van der Waals surface area contributed by atoms with Crippen LogP contribution in [0, 0.1) is 5.92 Å². The minimum atomic E-state index is -3.24. The smallest absolute Gasteiger partial charge is 0.336 e. The molecule has 34 heavy (non-hydrogen) atoms. The second-order valence-electron chi connectivity index (χ2n) is 8.34. The van der Waals surface area contributed by atoms with Crippen molar-refractivity contribution in [2.75, 3.05) is 32.3 Å². The molecule has 0 unspecified atom stereocenters. The Morgan fingerprint density at radius 1 is 1.06 bits per heavy atom. The van der Waals surface area contributed by atoms with Crippen molar-refractivity contribution >= 4 is 33.7 Å². The summed E-state index contributed by atoms with van der Waals surface area (Å²) >= 11 is 0. The van der Waals surface area contributed by atoms with Crippen LogP contribution in [0.5, 0.6) is 0 Å². The molecule has 0 aromatic heterocycles. The van der Waals surface area contributed by atoms with Crippen LogP contribution in [0.2, 0.25) is 0 Å². The van der Waals surface area contributed by atoms with E-state index >= 15 is 0 Å². The van der Waals surface area contributed by atoms with Crippen molar-refractivity contribution in [3.63, 3.8) is 0 Å². The molecule has 2 heterocycles. The molecule has 2 aliphatic rings. The summed E-state index contributed by atoms with van der Waals surface area (Å²) in [5.74, 6) is -4.86. The number of dihydropyridines is 1. The first-order valence-electron chi connectivity index (χ1n) is 10.9. The van der Waals surface area contributed by atoms with Crippen molar-refractivity contribution in [1.29, 1.82) is 0 Å². The molecule has 1 saturated heterocycles. The van der Waals surface area contributed by atoms with Crippen molar-refractivity contribution in [3.8, 4) is 0 Å². The first-order chi connectivity index (χ1) is 15.9. The number of nitrogens with zero attached hydrogens (tertiary/aromatic N) is 1. The molecule has 0 bridgehead atoms. The van der Waals surface area contributed by atoms with E-state index in [0.29, 0.717) is 24.2 Å². The summed E-state index contributed by atoms with van der Waals surface area (Å²) in [7, 11) is -0.967. The largest absolute Gasteiger partial charge is 0.466 e. The van der Waals surface area contributed by atoms with Crippen molar-refractivity contribution in [1.82, 2.24) is 10.2 Å². The molecular weight excluding hydrogens is 468 g/mol. The molecule has 1 N–H and O–H groups in total. The predicted octanol–water partition coefficient (Wildman–Crippen LogP) is 0.457. The Labute approximate surface area is 199 Å². The summed E-state index contributed by atoms with van der Waals surface area (Å²) in [5, 5.41) is 2.86. The molecule has 0 aromatic carbocycles. The van der Waals surface area contributed by atoms with Gasteiger partial charge in [0.25, 0.3) is 5.91 Å². The number of allylic oxidation sites excluding steroid dienone is 2. The molecule has 2 aliphatic heterocycles. The van der Waals surface area contributed by atoms with Crippen LogP contribution in [-0.2, 0) is 43.2 Å². The average Bonchev–Trinajstić information content (AvgIpc) is 3.14. The summed E-state index contributed by atoms with van der Waals surface area (Å²) in [6, 6.07) is -0.783. The molecule has 0 saturated carbocycles. The molecule has 0 radical (unpaired) electrons. The lowest BCUT2D eigenvalue weighted by molar-refractivity contribution is -0.157. The van der Waals surface area contributed by atoms with Crippen molar-refractivity contribution in [3.05, 3.63) is 22.5 Å². The van der Waals surface area contributed by atoms with Crippen LogP contribution in [-0.4, -0.2) is 81.5 Å². The van der Waals surface area contributed by atoms with E-state index in [1.807, 2.05) is 6.92 Å². The van der Waals surface area contributed by atoms with Gasteiger partial charge in [0.1, 0.15) is 5.92 Å². The van der Waals surface area contributed by atoms with Gasteiger partial charge in [-0.1, -0.05) is 6.92 Å². The Morgan fingerprint density at radius 3 is 2.00 bits per heavy atom. The Morgan fingerprint density at radius 2 is 1.59 bits per heavy atom. The lowest BCUT2D eigenvalue weighted by Crippen LogP contribution is -2.48. The third kappa shape index (κ3) is 5.78. The van der Waals surface area contributed by atoms with Gasteiger partial charge in [0.15, 0.2) is 16.4 Å². The van der Waals surface area contributed by atoms with Gasteiger partial charge in [-0.05, 0) is 33.6 Å². The summed E-state index contributed by atoms with van der Waals surface area (Å²) in [4.78, 5) is 52.5. The van der Waals surface area contributed by atoms with Gasteiger partial charge in [0.2, 0.25) is 0 Å². The molecule has 12 heteroatoms. The monoisotopic (exact) mass is 500 g/mol. The number of sulfone groups is 1. The first kappa shape index (κ1) is 27.4. The number of carbonyl (C=O) groups is 4. The van der Waals surface area contributed by atoms with E-state index in [0.717, 1.165) is 14.2 Å². The number of ether oxygens (including phenoxy) is 3. The highest BCUT2D eigenvalue weighted by atomic mass is 32.2. The highest BCUT2D eigenvalue weighted by Crippen LogP contribution is 2.32. The minimum Gasteiger partial charge on any atom is -0.466 e. The molecular formula is C22H32N2O9S. The Kier molecular flexibility index (Phi) is 8.87. The van der Waals surface area contributed by atoms with Crippen LogP contribution in [0.15, 0.2) is 22.5 Å². The van der Waals surface area contributed by atoms with Crippen LogP contribution >= 0.6 is 0 Å². The van der Waals surface area contributed by atoms with Crippen LogP contribution in [0.25, 0.3) is 0 Å². The zero-order chi connectivity index (χ0) is 25.8. The van der Waals surface area contributed by atoms with Crippen molar-refractivity contribution in [2.24, 2.45) is 5.92 Å². The summed E-state index contributed by atoms with van der Waals surface area (Å²) in [6.45, 7) is 6.06. The zero-order valence-electron chi connectivity index (χ0n) is 20.3. The lowest BCUT2D eigenvalue weighted by atomic mass is 9.85. The molecule has 190 valence electrons. The fourth-order valence-electron chi connectivity index (χ4n) is 4.28. The van der Waals surface area contributed by atoms with Crippen molar-refractivity contribution in [2.45, 2.75) is 52.6 Å². The van der Waals surface area contributed by atoms with E-state index < -0.39 is 52.2 Å². The maximum atomic E-state index is 13.1. The van der Waals surface area contributed by atoms with Crippen LogP contribution in [0.4, 0.5) is 0 Å². The number of rotatable bonds is 8. The van der Waals surface area contributed by atoms with E-state index in [2.05, 4.69) is 5.32 Å². The van der Waals surface area contributed by atoms with Crippen molar-refractivity contribution < 1.29 is 41.8 Å². The van der Waals surface area contributed by atoms with Crippen LogP contribution in [0.1, 0.15) is 40.5 Å². The third-order valence-electron chi connectivity index (χ3n) is 6.10. The predicted molar refractivity (Wildman–Crippen MR) is 121 cm³/mol. The topological polar surface area (TPSA) is 145 Å².